The lowest BCUT2D eigenvalue weighted by atomic mass is 10.0. The van der Waals surface area contributed by atoms with Crippen molar-refractivity contribution >= 4 is 23.5 Å². The summed E-state index contributed by atoms with van der Waals surface area (Å²) in [5, 5.41) is 12.3. The van der Waals surface area contributed by atoms with Crippen LogP contribution in [0.1, 0.15) is 41.0 Å². The van der Waals surface area contributed by atoms with Crippen molar-refractivity contribution in [2.75, 3.05) is 14.1 Å². The third-order valence-electron chi connectivity index (χ3n) is 5.41. The van der Waals surface area contributed by atoms with E-state index in [-0.39, 0.29) is 11.7 Å². The molecule has 0 aliphatic carbocycles. The lowest BCUT2D eigenvalue weighted by Gasteiger charge is -2.16. The molecular weight excluding hydrogens is 412 g/mol. The zero-order valence-electron chi connectivity index (χ0n) is 19.2. The van der Waals surface area contributed by atoms with Crippen LogP contribution in [0.4, 0.5) is 0 Å². The highest BCUT2D eigenvalue weighted by Gasteiger charge is 2.20. The summed E-state index contributed by atoms with van der Waals surface area (Å²) in [6.45, 7) is 3.62. The molecule has 1 atom stereocenters. The van der Waals surface area contributed by atoms with Crippen LogP contribution >= 0.6 is 0 Å². The summed E-state index contributed by atoms with van der Waals surface area (Å²) >= 11 is 0. The molecule has 3 aromatic rings. The molecule has 1 aromatic heterocycles. The van der Waals surface area contributed by atoms with Gasteiger partial charge in [-0.25, -0.2) is 0 Å². The molecule has 0 spiro atoms. The fourth-order valence-electron chi connectivity index (χ4n) is 3.45. The van der Waals surface area contributed by atoms with E-state index in [0.717, 1.165) is 28.3 Å². The fourth-order valence-corrected chi connectivity index (χ4v) is 3.45. The molecule has 1 unspecified atom stereocenters. The van der Waals surface area contributed by atoms with Crippen LogP contribution in [0.25, 0.3) is 11.3 Å². The number of hydrogen-bond donors (Lipinski definition) is 1. The smallest absolute Gasteiger partial charge is 0.232 e. The first-order valence-corrected chi connectivity index (χ1v) is 10.6. The van der Waals surface area contributed by atoms with E-state index < -0.39 is 5.92 Å². The van der Waals surface area contributed by atoms with Gasteiger partial charge in [-0.3, -0.25) is 14.6 Å². The Bertz CT molecular complexity index is 1360. The highest BCUT2D eigenvalue weighted by Crippen LogP contribution is 2.11. The molecule has 1 N–H and O–H groups in total. The molecule has 33 heavy (non-hydrogen) atoms. The van der Waals surface area contributed by atoms with E-state index in [1.54, 1.807) is 51.5 Å². The first-order chi connectivity index (χ1) is 15.8. The van der Waals surface area contributed by atoms with Crippen LogP contribution in [0.15, 0.2) is 66.9 Å². The van der Waals surface area contributed by atoms with Crippen LogP contribution in [-0.4, -0.2) is 41.3 Å². The molecule has 5 nitrogen and oxygen atoms in total. The number of carbonyl (C=O) groups excluding carboxylic acids is 2. The summed E-state index contributed by atoms with van der Waals surface area (Å²) < 4.78 is 0. The summed E-state index contributed by atoms with van der Waals surface area (Å²) in [4.78, 5) is 29.5. The van der Waals surface area contributed by atoms with Crippen LogP contribution in [-0.2, 0) is 4.79 Å². The van der Waals surface area contributed by atoms with E-state index in [1.807, 2.05) is 43.3 Å². The summed E-state index contributed by atoms with van der Waals surface area (Å²) in [5.74, 6) is 5.26. The van der Waals surface area contributed by atoms with Crippen LogP contribution in [0.2, 0.25) is 0 Å². The number of pyridine rings is 1. The van der Waals surface area contributed by atoms with Gasteiger partial charge >= 0.3 is 0 Å². The van der Waals surface area contributed by atoms with Gasteiger partial charge in [0.15, 0.2) is 6.29 Å². The van der Waals surface area contributed by atoms with Crippen LogP contribution in [0.3, 0.4) is 0 Å². The third-order valence-corrected chi connectivity index (χ3v) is 5.41. The Morgan fingerprint density at radius 2 is 1.67 bits per heavy atom. The lowest BCUT2D eigenvalue weighted by molar-refractivity contribution is -0.131. The number of nitrogens with zero attached hydrogens (tertiary/aromatic N) is 2. The van der Waals surface area contributed by atoms with Gasteiger partial charge in [-0.15, -0.1) is 0 Å². The van der Waals surface area contributed by atoms with Crippen molar-refractivity contribution in [3.05, 3.63) is 99.7 Å². The van der Waals surface area contributed by atoms with E-state index in [4.69, 9.17) is 0 Å². The summed E-state index contributed by atoms with van der Waals surface area (Å²) in [5.41, 5.74) is 3.54. The minimum absolute atomic E-state index is 0.0278. The molecule has 0 saturated carbocycles. The zero-order valence-corrected chi connectivity index (χ0v) is 19.2. The Balaban J connectivity index is 2.02. The van der Waals surface area contributed by atoms with Crippen LogP contribution in [0, 0.1) is 17.8 Å². The number of amides is 1. The number of aliphatic hydroxyl groups excluding tert-OH is 1. The quantitative estimate of drug-likeness (QED) is 0.502. The van der Waals surface area contributed by atoms with Crippen molar-refractivity contribution in [1.82, 2.24) is 9.88 Å². The van der Waals surface area contributed by atoms with Crippen molar-refractivity contribution in [3.8, 4) is 11.8 Å². The predicted octanol–water partition coefficient (Wildman–Crippen LogP) is 2.90. The van der Waals surface area contributed by atoms with Gasteiger partial charge in [0.05, 0.1) is 11.6 Å². The summed E-state index contributed by atoms with van der Waals surface area (Å²) in [6.07, 6.45) is 2.47. The number of hydrogen-bond acceptors (Lipinski definition) is 4. The second-order valence-corrected chi connectivity index (χ2v) is 7.90. The number of benzene rings is 2. The highest BCUT2D eigenvalue weighted by molar-refractivity contribution is 5.85. The number of aliphatic hydroxyl groups is 1. The van der Waals surface area contributed by atoms with Gasteiger partial charge in [-0.1, -0.05) is 54.3 Å². The van der Waals surface area contributed by atoms with Crippen molar-refractivity contribution in [1.29, 1.82) is 0 Å². The Morgan fingerprint density at radius 3 is 2.30 bits per heavy atom. The average Bonchev–Trinajstić information content (AvgIpc) is 2.86. The van der Waals surface area contributed by atoms with E-state index >= 15 is 0 Å². The maximum absolute atomic E-state index is 12.3. The Morgan fingerprint density at radius 1 is 1.00 bits per heavy atom. The predicted molar refractivity (Wildman–Crippen MR) is 130 cm³/mol. The molecule has 0 bridgehead atoms. The second-order valence-electron chi connectivity index (χ2n) is 7.90. The SMILES string of the molecule is C/C(c1ccc(C#Cc2ccccc2C=O)cn1)=c1/cccc/c1=C(\O)C(C)C(=O)N(C)C. The van der Waals surface area contributed by atoms with Gasteiger partial charge in [0.1, 0.15) is 5.76 Å². The molecule has 166 valence electrons. The molecule has 5 heteroatoms. The van der Waals surface area contributed by atoms with Gasteiger partial charge in [0.2, 0.25) is 5.91 Å². The minimum atomic E-state index is -0.659. The molecule has 0 saturated heterocycles. The van der Waals surface area contributed by atoms with Gasteiger partial charge in [0, 0.05) is 42.2 Å². The first kappa shape index (κ1) is 23.5. The number of rotatable bonds is 4. The topological polar surface area (TPSA) is 70.5 Å². The fraction of sp³-hybridized carbons (Fsp3) is 0.179. The van der Waals surface area contributed by atoms with E-state index in [9.17, 15) is 14.7 Å². The molecule has 0 aliphatic heterocycles. The molecular formula is C28H26N2O3. The molecule has 3 rings (SSSR count). The monoisotopic (exact) mass is 438 g/mol. The van der Waals surface area contributed by atoms with Gasteiger partial charge in [0.25, 0.3) is 0 Å². The molecule has 0 aliphatic rings. The standard InChI is InChI=1S/C28H26N2O3/c1-19(24-11-7-8-12-25(24)27(32)20(2)28(33)30(3)4)26-16-14-21(17-29-26)13-15-22-9-5-6-10-23(22)18-31/h5-12,14,16-18,20,32H,1-4H3/b24-19+,27-25+. The number of aldehydes is 1. The number of aromatic nitrogens is 1. The summed E-state index contributed by atoms with van der Waals surface area (Å²) in [6, 6.07) is 18.3. The molecule has 2 aromatic carbocycles. The van der Waals surface area contributed by atoms with E-state index in [1.165, 1.54) is 4.90 Å². The Kier molecular flexibility index (Phi) is 7.42. The van der Waals surface area contributed by atoms with Crippen molar-refractivity contribution < 1.29 is 14.7 Å². The molecule has 1 heterocycles. The van der Waals surface area contributed by atoms with Crippen LogP contribution < -0.4 is 10.4 Å². The maximum Gasteiger partial charge on any atom is 0.232 e. The van der Waals surface area contributed by atoms with Crippen molar-refractivity contribution in [3.63, 3.8) is 0 Å². The van der Waals surface area contributed by atoms with Crippen LogP contribution in [0.5, 0.6) is 0 Å². The molecule has 1 amide bonds. The normalized spacial score (nSPS) is 13.2. The minimum Gasteiger partial charge on any atom is -0.511 e. The second kappa shape index (κ2) is 10.4. The number of carbonyl (C=O) groups is 2. The average molecular weight is 439 g/mol. The molecule has 0 fully saturated rings. The highest BCUT2D eigenvalue weighted by atomic mass is 16.3. The Labute approximate surface area is 193 Å². The van der Waals surface area contributed by atoms with Gasteiger partial charge in [-0.2, -0.15) is 0 Å². The van der Waals surface area contributed by atoms with Gasteiger partial charge < -0.3 is 10.0 Å². The third kappa shape index (κ3) is 5.36. The zero-order chi connectivity index (χ0) is 24.0. The van der Waals surface area contributed by atoms with Crippen molar-refractivity contribution in [2.24, 2.45) is 5.92 Å². The van der Waals surface area contributed by atoms with Gasteiger partial charge in [-0.05, 0) is 42.8 Å². The first-order valence-electron chi connectivity index (χ1n) is 10.6. The Hall–Kier alpha value is -4.17. The van der Waals surface area contributed by atoms with E-state index in [2.05, 4.69) is 16.8 Å². The lowest BCUT2D eigenvalue weighted by Crippen LogP contribution is -2.35. The van der Waals surface area contributed by atoms with Crippen molar-refractivity contribution in [2.45, 2.75) is 13.8 Å². The summed E-state index contributed by atoms with van der Waals surface area (Å²) in [7, 11) is 3.34. The van der Waals surface area contributed by atoms with E-state index in [0.29, 0.717) is 16.3 Å². The maximum atomic E-state index is 12.3. The largest absolute Gasteiger partial charge is 0.511 e. The molecule has 0 radical (unpaired) electrons.